The van der Waals surface area contributed by atoms with E-state index in [0.29, 0.717) is 5.56 Å². The van der Waals surface area contributed by atoms with Gasteiger partial charge in [0.1, 0.15) is 6.04 Å². The van der Waals surface area contributed by atoms with Crippen molar-refractivity contribution in [3.05, 3.63) is 23.8 Å². The number of methoxy groups -OCH3 is 1. The molecule has 0 fully saturated rings. The molecule has 0 radical (unpaired) electrons. The summed E-state index contributed by atoms with van der Waals surface area (Å²) in [5, 5.41) is 0. The smallest absolute Gasteiger partial charge is 0.322 e. The number of esters is 1. The predicted molar refractivity (Wildman–Crippen MR) is 52.3 cm³/mol. The normalized spacial score (nSPS) is 12.2. The quantitative estimate of drug-likeness (QED) is 0.538. The second-order valence-electron chi connectivity index (χ2n) is 3.06. The van der Waals surface area contributed by atoms with E-state index in [0.717, 1.165) is 0 Å². The lowest BCUT2D eigenvalue weighted by Gasteiger charge is -2.09. The van der Waals surface area contributed by atoms with Crippen LogP contribution < -0.4 is 11.5 Å². The monoisotopic (exact) mass is 213 g/mol. The van der Waals surface area contributed by atoms with Gasteiger partial charge >= 0.3 is 5.97 Å². The van der Waals surface area contributed by atoms with E-state index >= 15 is 0 Å². The molecule has 1 aromatic heterocycles. The number of carbonyl (C=O) groups is 1. The number of nitrogen functional groups attached to an aromatic ring is 1. The minimum absolute atomic E-state index is 0.0652. The van der Waals surface area contributed by atoms with E-state index < -0.39 is 18.0 Å². The van der Waals surface area contributed by atoms with E-state index in [1.807, 2.05) is 0 Å². The maximum atomic E-state index is 12.7. The summed E-state index contributed by atoms with van der Waals surface area (Å²) in [6.07, 6.45) is 1.50. The number of carbonyl (C=O) groups excluding carboxylic acids is 1. The Morgan fingerprint density at radius 3 is 2.93 bits per heavy atom. The Hall–Kier alpha value is -1.69. The molecule has 0 aliphatic carbocycles. The first kappa shape index (κ1) is 11.4. The van der Waals surface area contributed by atoms with Gasteiger partial charge in [-0.05, 0) is 18.1 Å². The SMILES string of the molecule is COC(=O)[C@H](N)Cc1cnc(F)c(N)c1. The summed E-state index contributed by atoms with van der Waals surface area (Å²) in [6, 6.07) is 0.604. The lowest BCUT2D eigenvalue weighted by molar-refractivity contribution is -0.142. The van der Waals surface area contributed by atoms with Gasteiger partial charge < -0.3 is 16.2 Å². The molecular formula is C9H12FN3O2. The maximum absolute atomic E-state index is 12.7. The van der Waals surface area contributed by atoms with Crippen LogP contribution in [-0.2, 0) is 16.0 Å². The van der Waals surface area contributed by atoms with Crippen molar-refractivity contribution >= 4 is 11.7 Å². The number of anilines is 1. The molecule has 15 heavy (non-hydrogen) atoms. The average molecular weight is 213 g/mol. The Morgan fingerprint density at radius 1 is 1.73 bits per heavy atom. The van der Waals surface area contributed by atoms with Crippen LogP contribution in [0.15, 0.2) is 12.3 Å². The minimum atomic E-state index is -0.790. The van der Waals surface area contributed by atoms with Gasteiger partial charge in [-0.3, -0.25) is 4.79 Å². The fourth-order valence-corrected chi connectivity index (χ4v) is 1.11. The molecule has 0 aromatic carbocycles. The number of hydrogen-bond acceptors (Lipinski definition) is 5. The fraction of sp³-hybridized carbons (Fsp3) is 0.333. The Bertz CT molecular complexity index is 370. The first-order valence-electron chi connectivity index (χ1n) is 4.28. The summed E-state index contributed by atoms with van der Waals surface area (Å²) in [7, 11) is 1.25. The zero-order valence-electron chi connectivity index (χ0n) is 8.24. The van der Waals surface area contributed by atoms with Gasteiger partial charge in [0.05, 0.1) is 12.8 Å². The van der Waals surface area contributed by atoms with Gasteiger partial charge in [0.15, 0.2) is 0 Å². The standard InChI is InChI=1S/C9H12FN3O2/c1-15-9(14)7(12)3-5-2-6(11)8(10)13-4-5/h2,4,7H,3,11-12H2,1H3/t7-/m1/s1. The molecule has 1 atom stereocenters. The van der Waals surface area contributed by atoms with Crippen molar-refractivity contribution in [2.45, 2.75) is 12.5 Å². The third kappa shape index (κ3) is 2.88. The van der Waals surface area contributed by atoms with Crippen LogP contribution in [0.5, 0.6) is 0 Å². The largest absolute Gasteiger partial charge is 0.468 e. The van der Waals surface area contributed by atoms with Crippen LogP contribution in [0.2, 0.25) is 0 Å². The van der Waals surface area contributed by atoms with E-state index in [2.05, 4.69) is 9.72 Å². The number of hydrogen-bond donors (Lipinski definition) is 2. The van der Waals surface area contributed by atoms with Crippen molar-refractivity contribution < 1.29 is 13.9 Å². The van der Waals surface area contributed by atoms with Gasteiger partial charge in [-0.1, -0.05) is 0 Å². The van der Waals surface area contributed by atoms with Crippen LogP contribution in [0.3, 0.4) is 0 Å². The summed E-state index contributed by atoms with van der Waals surface area (Å²) < 4.78 is 17.2. The van der Waals surface area contributed by atoms with Gasteiger partial charge in [0, 0.05) is 6.20 Å². The molecule has 1 heterocycles. The summed E-state index contributed by atoms with van der Waals surface area (Å²) in [5.74, 6) is -1.26. The second-order valence-corrected chi connectivity index (χ2v) is 3.06. The highest BCUT2D eigenvalue weighted by atomic mass is 19.1. The summed E-state index contributed by atoms with van der Waals surface area (Å²) in [5.41, 5.74) is 11.3. The Morgan fingerprint density at radius 2 is 2.40 bits per heavy atom. The molecule has 1 rings (SSSR count). The molecule has 0 amide bonds. The van der Waals surface area contributed by atoms with Gasteiger partial charge in [-0.15, -0.1) is 0 Å². The lowest BCUT2D eigenvalue weighted by atomic mass is 10.1. The van der Waals surface area contributed by atoms with Crippen molar-refractivity contribution in [1.29, 1.82) is 0 Å². The van der Waals surface area contributed by atoms with Crippen LogP contribution in [0.25, 0.3) is 0 Å². The summed E-state index contributed by atoms with van der Waals surface area (Å²) >= 11 is 0. The molecule has 0 aliphatic heterocycles. The third-order valence-electron chi connectivity index (χ3n) is 1.88. The van der Waals surface area contributed by atoms with E-state index in [1.54, 1.807) is 0 Å². The first-order valence-corrected chi connectivity index (χ1v) is 4.28. The number of rotatable bonds is 3. The summed E-state index contributed by atoms with van der Waals surface area (Å²) in [4.78, 5) is 14.4. The average Bonchev–Trinajstić information content (AvgIpc) is 2.22. The van der Waals surface area contributed by atoms with Crippen LogP contribution in [0, 0.1) is 5.95 Å². The van der Waals surface area contributed by atoms with Crippen molar-refractivity contribution in [2.24, 2.45) is 5.73 Å². The molecule has 1 aromatic rings. The van der Waals surface area contributed by atoms with E-state index in [9.17, 15) is 9.18 Å². The highest BCUT2D eigenvalue weighted by Crippen LogP contribution is 2.10. The molecule has 5 nitrogen and oxygen atoms in total. The van der Waals surface area contributed by atoms with Gasteiger partial charge in [0.25, 0.3) is 0 Å². The lowest BCUT2D eigenvalue weighted by Crippen LogP contribution is -2.33. The minimum Gasteiger partial charge on any atom is -0.468 e. The number of nitrogens with zero attached hydrogens (tertiary/aromatic N) is 1. The first-order chi connectivity index (χ1) is 7.04. The van der Waals surface area contributed by atoms with Crippen LogP contribution in [0.1, 0.15) is 5.56 Å². The molecule has 0 saturated carbocycles. The second kappa shape index (κ2) is 4.70. The third-order valence-corrected chi connectivity index (χ3v) is 1.88. The molecular weight excluding hydrogens is 201 g/mol. The van der Waals surface area contributed by atoms with E-state index in [1.165, 1.54) is 19.4 Å². The molecule has 6 heteroatoms. The van der Waals surface area contributed by atoms with Gasteiger partial charge in [-0.2, -0.15) is 4.39 Å². The van der Waals surface area contributed by atoms with Crippen molar-refractivity contribution in [2.75, 3.05) is 12.8 Å². The summed E-state index contributed by atoms with van der Waals surface area (Å²) in [6.45, 7) is 0. The van der Waals surface area contributed by atoms with Gasteiger partial charge in [-0.25, -0.2) is 4.98 Å². The number of aromatic nitrogens is 1. The number of ether oxygens (including phenoxy) is 1. The molecule has 82 valence electrons. The zero-order valence-corrected chi connectivity index (χ0v) is 8.24. The molecule has 0 spiro atoms. The molecule has 0 unspecified atom stereocenters. The van der Waals surface area contributed by atoms with Gasteiger partial charge in [0.2, 0.25) is 5.95 Å². The Balaban J connectivity index is 2.73. The maximum Gasteiger partial charge on any atom is 0.322 e. The predicted octanol–water partition coefficient (Wildman–Crippen LogP) is -0.154. The molecule has 0 saturated heterocycles. The Labute approximate surface area is 86.2 Å². The van der Waals surface area contributed by atoms with E-state index in [4.69, 9.17) is 11.5 Å². The fourth-order valence-electron chi connectivity index (χ4n) is 1.11. The van der Waals surface area contributed by atoms with Crippen LogP contribution in [-0.4, -0.2) is 24.1 Å². The highest BCUT2D eigenvalue weighted by molar-refractivity contribution is 5.75. The highest BCUT2D eigenvalue weighted by Gasteiger charge is 2.15. The zero-order chi connectivity index (χ0) is 11.4. The number of halogens is 1. The van der Waals surface area contributed by atoms with Crippen molar-refractivity contribution in [1.82, 2.24) is 4.98 Å². The molecule has 0 bridgehead atoms. The van der Waals surface area contributed by atoms with Crippen LogP contribution >= 0.6 is 0 Å². The van der Waals surface area contributed by atoms with Crippen molar-refractivity contribution in [3.8, 4) is 0 Å². The topological polar surface area (TPSA) is 91.2 Å². The Kier molecular flexibility index (Phi) is 3.56. The van der Waals surface area contributed by atoms with Crippen LogP contribution in [0.4, 0.5) is 10.1 Å². The number of pyridine rings is 1. The van der Waals surface area contributed by atoms with E-state index in [-0.39, 0.29) is 12.1 Å². The number of nitrogens with two attached hydrogens (primary N) is 2. The molecule has 0 aliphatic rings. The van der Waals surface area contributed by atoms with Crippen molar-refractivity contribution in [3.63, 3.8) is 0 Å². The molecule has 4 N–H and O–H groups in total.